The lowest BCUT2D eigenvalue weighted by molar-refractivity contribution is 0.196. The summed E-state index contributed by atoms with van der Waals surface area (Å²) < 4.78 is 17.7. The van der Waals surface area contributed by atoms with Crippen LogP contribution in [0.15, 0.2) is 33.8 Å². The van der Waals surface area contributed by atoms with Crippen LogP contribution in [0.25, 0.3) is 0 Å². The molecule has 0 bridgehead atoms. The molecule has 2 rings (SSSR count). The molecule has 1 N–H and O–H groups in total. The fourth-order valence-electron chi connectivity index (χ4n) is 1.24. The summed E-state index contributed by atoms with van der Waals surface area (Å²) in [6.45, 7) is 1.61. The summed E-state index contributed by atoms with van der Waals surface area (Å²) in [6.07, 6.45) is 0.768. The fraction of sp³-hybridized carbons (Fsp3) is 0.200. The molecule has 1 heterocycles. The number of benzene rings is 1. The molecule has 0 radical (unpaired) electrons. The molecule has 2 aromatic rings. The molecule has 0 spiro atoms. The van der Waals surface area contributed by atoms with Crippen molar-refractivity contribution in [2.45, 2.75) is 22.3 Å². The van der Waals surface area contributed by atoms with E-state index in [4.69, 9.17) is 0 Å². The van der Waals surface area contributed by atoms with Gasteiger partial charge in [0.2, 0.25) is 0 Å². The number of aromatic nitrogens is 2. The van der Waals surface area contributed by atoms with Crippen LogP contribution in [0.5, 0.6) is 0 Å². The van der Waals surface area contributed by atoms with Crippen LogP contribution in [-0.4, -0.2) is 14.5 Å². The van der Waals surface area contributed by atoms with E-state index in [1.807, 2.05) is 0 Å². The van der Waals surface area contributed by atoms with Gasteiger partial charge in [0.1, 0.15) is 12.1 Å². The lowest BCUT2D eigenvalue weighted by Gasteiger charge is -2.10. The Labute approximate surface area is 101 Å². The third kappa shape index (κ3) is 2.58. The van der Waals surface area contributed by atoms with E-state index in [2.05, 4.69) is 9.36 Å². The largest absolute Gasteiger partial charge is 0.389 e. The Hall–Kier alpha value is -0.980. The van der Waals surface area contributed by atoms with Crippen molar-refractivity contribution in [3.05, 3.63) is 35.9 Å². The Bertz CT molecular complexity index is 474. The molecule has 0 saturated heterocycles. The van der Waals surface area contributed by atoms with Crippen LogP contribution < -0.4 is 0 Å². The van der Waals surface area contributed by atoms with E-state index < -0.39 is 6.10 Å². The Kier molecular flexibility index (Phi) is 3.52. The van der Waals surface area contributed by atoms with Gasteiger partial charge in [0.05, 0.1) is 6.10 Å². The molecular formula is C10H9FN2OS2. The third-order valence-electron chi connectivity index (χ3n) is 1.96. The first-order valence-corrected chi connectivity index (χ1v) is 6.18. The third-order valence-corrected chi connectivity index (χ3v) is 3.77. The maximum absolute atomic E-state index is 13.0. The zero-order valence-electron chi connectivity index (χ0n) is 8.42. The number of halogens is 1. The summed E-state index contributed by atoms with van der Waals surface area (Å²) in [5, 5.41) is 9.54. The van der Waals surface area contributed by atoms with Crippen molar-refractivity contribution in [3.8, 4) is 0 Å². The van der Waals surface area contributed by atoms with Gasteiger partial charge in [0.15, 0.2) is 4.34 Å². The number of aliphatic hydroxyl groups excluding tert-OH is 1. The number of aliphatic hydroxyl groups is 1. The van der Waals surface area contributed by atoms with Gasteiger partial charge in [0, 0.05) is 4.90 Å². The second-order valence-corrected chi connectivity index (χ2v) is 5.24. The Morgan fingerprint density at radius 3 is 2.94 bits per heavy atom. The zero-order valence-corrected chi connectivity index (χ0v) is 10.1. The minimum absolute atomic E-state index is 0.350. The van der Waals surface area contributed by atoms with E-state index in [0.717, 1.165) is 9.24 Å². The average molecular weight is 256 g/mol. The van der Waals surface area contributed by atoms with Crippen molar-refractivity contribution in [1.82, 2.24) is 9.36 Å². The SMILES string of the molecule is C[C@@H](O)c1cc(F)ccc1Sc1ncns1. The highest BCUT2D eigenvalue weighted by molar-refractivity contribution is 8.01. The maximum atomic E-state index is 13.0. The number of hydrogen-bond donors (Lipinski definition) is 1. The molecule has 0 aliphatic rings. The summed E-state index contributed by atoms with van der Waals surface area (Å²) in [7, 11) is 0. The Morgan fingerprint density at radius 2 is 2.31 bits per heavy atom. The van der Waals surface area contributed by atoms with Crippen LogP contribution in [-0.2, 0) is 0 Å². The maximum Gasteiger partial charge on any atom is 0.174 e. The van der Waals surface area contributed by atoms with Crippen molar-refractivity contribution in [2.24, 2.45) is 0 Å². The van der Waals surface area contributed by atoms with E-state index in [0.29, 0.717) is 5.56 Å². The highest BCUT2D eigenvalue weighted by Gasteiger charge is 2.11. The molecule has 0 aliphatic heterocycles. The molecule has 84 valence electrons. The van der Waals surface area contributed by atoms with Crippen LogP contribution in [0.2, 0.25) is 0 Å². The highest BCUT2D eigenvalue weighted by atomic mass is 32.2. The van der Waals surface area contributed by atoms with Gasteiger partial charge in [0.25, 0.3) is 0 Å². The molecule has 0 amide bonds. The molecule has 0 fully saturated rings. The van der Waals surface area contributed by atoms with Gasteiger partial charge in [-0.3, -0.25) is 0 Å². The molecule has 16 heavy (non-hydrogen) atoms. The zero-order chi connectivity index (χ0) is 11.5. The van der Waals surface area contributed by atoms with Crippen LogP contribution >= 0.6 is 23.3 Å². The quantitative estimate of drug-likeness (QED) is 0.917. The van der Waals surface area contributed by atoms with Crippen LogP contribution in [0.1, 0.15) is 18.6 Å². The second-order valence-electron chi connectivity index (χ2n) is 3.17. The van der Waals surface area contributed by atoms with Crippen molar-refractivity contribution < 1.29 is 9.50 Å². The van der Waals surface area contributed by atoms with Crippen molar-refractivity contribution in [1.29, 1.82) is 0 Å². The van der Waals surface area contributed by atoms with Gasteiger partial charge in [-0.05, 0) is 42.2 Å². The molecule has 0 saturated carbocycles. The van der Waals surface area contributed by atoms with E-state index in [1.165, 1.54) is 41.8 Å². The normalized spacial score (nSPS) is 12.7. The molecule has 0 unspecified atom stereocenters. The highest BCUT2D eigenvalue weighted by Crippen LogP contribution is 2.33. The summed E-state index contributed by atoms with van der Waals surface area (Å²) in [4.78, 5) is 4.83. The van der Waals surface area contributed by atoms with E-state index in [1.54, 1.807) is 13.0 Å². The molecule has 1 aromatic carbocycles. The van der Waals surface area contributed by atoms with E-state index in [-0.39, 0.29) is 5.82 Å². The molecule has 3 nitrogen and oxygen atoms in total. The minimum Gasteiger partial charge on any atom is -0.389 e. The molecule has 0 aliphatic carbocycles. The smallest absolute Gasteiger partial charge is 0.174 e. The summed E-state index contributed by atoms with van der Waals surface area (Å²) in [5.74, 6) is -0.350. The predicted octanol–water partition coefficient (Wildman–Crippen LogP) is 2.88. The summed E-state index contributed by atoms with van der Waals surface area (Å²) >= 11 is 2.65. The van der Waals surface area contributed by atoms with Gasteiger partial charge < -0.3 is 5.11 Å². The number of hydrogen-bond acceptors (Lipinski definition) is 5. The summed E-state index contributed by atoms with van der Waals surface area (Å²) in [5.41, 5.74) is 0.570. The topological polar surface area (TPSA) is 46.0 Å². The average Bonchev–Trinajstić information content (AvgIpc) is 2.73. The van der Waals surface area contributed by atoms with Gasteiger partial charge in [-0.2, -0.15) is 4.37 Å². The Morgan fingerprint density at radius 1 is 1.50 bits per heavy atom. The molecular weight excluding hydrogens is 247 g/mol. The lowest BCUT2D eigenvalue weighted by Crippen LogP contribution is -1.95. The van der Waals surface area contributed by atoms with Gasteiger partial charge in [-0.25, -0.2) is 9.37 Å². The standard InChI is InChI=1S/C10H9FN2OS2/c1-6(14)8-4-7(11)2-3-9(8)15-10-12-5-13-16-10/h2-6,14H,1H3/t6-/m1/s1. The van der Waals surface area contributed by atoms with E-state index in [9.17, 15) is 9.50 Å². The molecule has 1 aromatic heterocycles. The summed E-state index contributed by atoms with van der Waals surface area (Å²) in [6, 6.07) is 4.35. The van der Waals surface area contributed by atoms with Gasteiger partial charge in [-0.1, -0.05) is 11.8 Å². The van der Waals surface area contributed by atoms with Crippen molar-refractivity contribution >= 4 is 23.3 Å². The van der Waals surface area contributed by atoms with Crippen molar-refractivity contribution in [2.75, 3.05) is 0 Å². The van der Waals surface area contributed by atoms with Crippen molar-refractivity contribution in [3.63, 3.8) is 0 Å². The van der Waals surface area contributed by atoms with Gasteiger partial charge in [-0.15, -0.1) is 0 Å². The van der Waals surface area contributed by atoms with Crippen LogP contribution in [0, 0.1) is 5.82 Å². The first-order valence-electron chi connectivity index (χ1n) is 4.59. The number of rotatable bonds is 3. The van der Waals surface area contributed by atoms with Crippen LogP contribution in [0.4, 0.5) is 4.39 Å². The van der Waals surface area contributed by atoms with E-state index >= 15 is 0 Å². The fourth-order valence-corrected chi connectivity index (χ4v) is 2.84. The lowest BCUT2D eigenvalue weighted by atomic mass is 10.1. The Balaban J connectivity index is 2.33. The van der Waals surface area contributed by atoms with Gasteiger partial charge >= 0.3 is 0 Å². The number of nitrogens with zero attached hydrogens (tertiary/aromatic N) is 2. The second kappa shape index (κ2) is 4.90. The van der Waals surface area contributed by atoms with Crippen LogP contribution in [0.3, 0.4) is 0 Å². The molecule has 1 atom stereocenters. The monoisotopic (exact) mass is 256 g/mol. The minimum atomic E-state index is -0.703. The molecule has 6 heteroatoms. The first-order chi connectivity index (χ1) is 7.66. The first kappa shape index (κ1) is 11.5. The predicted molar refractivity (Wildman–Crippen MR) is 61.1 cm³/mol.